The van der Waals surface area contributed by atoms with Crippen LogP contribution in [0.4, 0.5) is 5.69 Å². The van der Waals surface area contributed by atoms with Crippen LogP contribution in [0.5, 0.6) is 0 Å². The first kappa shape index (κ1) is 15.3. The SMILES string of the molecule is CCNC(=O)c1sc(SCC)c(S(C)(=O)=O)c1N. The highest BCUT2D eigenvalue weighted by molar-refractivity contribution is 8.02. The predicted molar refractivity (Wildman–Crippen MR) is 76.2 cm³/mol. The van der Waals surface area contributed by atoms with E-state index < -0.39 is 9.84 Å². The van der Waals surface area contributed by atoms with Crippen LogP contribution in [-0.2, 0) is 9.84 Å². The van der Waals surface area contributed by atoms with Crippen molar-refractivity contribution in [3.8, 4) is 0 Å². The Bertz CT molecular complexity index is 549. The van der Waals surface area contributed by atoms with Crippen LogP contribution < -0.4 is 11.1 Å². The van der Waals surface area contributed by atoms with E-state index in [0.29, 0.717) is 10.8 Å². The normalized spacial score (nSPS) is 11.5. The summed E-state index contributed by atoms with van der Waals surface area (Å²) < 4.78 is 24.0. The zero-order valence-electron chi connectivity index (χ0n) is 10.4. The predicted octanol–water partition coefficient (Wildman–Crippen LogP) is 1.60. The lowest BCUT2D eigenvalue weighted by atomic mass is 10.4. The van der Waals surface area contributed by atoms with Gasteiger partial charge in [-0.05, 0) is 12.7 Å². The summed E-state index contributed by atoms with van der Waals surface area (Å²) in [6, 6.07) is 0. The molecule has 0 aliphatic rings. The summed E-state index contributed by atoms with van der Waals surface area (Å²) in [5, 5.41) is 2.62. The third-order valence-electron chi connectivity index (χ3n) is 2.06. The standard InChI is InChI=1S/C10H16N2O3S3/c1-4-12-9(13)7-6(11)8(18(3,14)15)10(17-7)16-5-2/h4-5,11H2,1-3H3,(H,12,13). The van der Waals surface area contributed by atoms with Crippen LogP contribution in [0.2, 0.25) is 0 Å². The monoisotopic (exact) mass is 308 g/mol. The van der Waals surface area contributed by atoms with Crippen molar-refractivity contribution < 1.29 is 13.2 Å². The van der Waals surface area contributed by atoms with Gasteiger partial charge in [-0.15, -0.1) is 23.1 Å². The molecule has 1 rings (SSSR count). The number of thioether (sulfide) groups is 1. The maximum Gasteiger partial charge on any atom is 0.263 e. The first-order valence-electron chi connectivity index (χ1n) is 5.36. The number of thiophene rings is 1. The molecule has 0 fully saturated rings. The second-order valence-electron chi connectivity index (χ2n) is 3.53. The minimum Gasteiger partial charge on any atom is -0.396 e. The summed E-state index contributed by atoms with van der Waals surface area (Å²) in [4.78, 5) is 12.1. The molecule has 1 amide bonds. The number of hydrogen-bond donors (Lipinski definition) is 2. The highest BCUT2D eigenvalue weighted by atomic mass is 32.2. The molecule has 1 aromatic heterocycles. The molecule has 1 aromatic rings. The summed E-state index contributed by atoms with van der Waals surface area (Å²) in [6.45, 7) is 4.18. The van der Waals surface area contributed by atoms with Gasteiger partial charge in [0.2, 0.25) is 0 Å². The molecule has 5 nitrogen and oxygen atoms in total. The third-order valence-corrected chi connectivity index (χ3v) is 5.84. The van der Waals surface area contributed by atoms with Gasteiger partial charge < -0.3 is 11.1 Å². The Labute approximate surface area is 115 Å². The molecule has 0 bridgehead atoms. The number of hydrogen-bond acceptors (Lipinski definition) is 6. The van der Waals surface area contributed by atoms with Gasteiger partial charge >= 0.3 is 0 Å². The van der Waals surface area contributed by atoms with Crippen LogP contribution in [0.25, 0.3) is 0 Å². The molecule has 18 heavy (non-hydrogen) atoms. The van der Waals surface area contributed by atoms with E-state index in [0.717, 1.165) is 23.3 Å². The Hall–Kier alpha value is -0.730. The van der Waals surface area contributed by atoms with E-state index in [-0.39, 0.29) is 21.4 Å². The lowest BCUT2D eigenvalue weighted by Crippen LogP contribution is -2.22. The van der Waals surface area contributed by atoms with Gasteiger partial charge in [0.25, 0.3) is 5.91 Å². The van der Waals surface area contributed by atoms with Crippen LogP contribution in [0.1, 0.15) is 23.5 Å². The molecule has 0 atom stereocenters. The van der Waals surface area contributed by atoms with Crippen LogP contribution in [0.15, 0.2) is 9.10 Å². The molecule has 0 spiro atoms. The maximum absolute atomic E-state index is 11.8. The number of nitrogens with one attached hydrogen (secondary N) is 1. The third kappa shape index (κ3) is 3.18. The minimum atomic E-state index is -3.43. The van der Waals surface area contributed by atoms with Crippen molar-refractivity contribution in [1.29, 1.82) is 0 Å². The molecule has 0 saturated carbocycles. The molecular weight excluding hydrogens is 292 g/mol. The largest absolute Gasteiger partial charge is 0.396 e. The molecular formula is C10H16N2O3S3. The summed E-state index contributed by atoms with van der Waals surface area (Å²) in [5.41, 5.74) is 5.87. The summed E-state index contributed by atoms with van der Waals surface area (Å²) in [7, 11) is -3.43. The van der Waals surface area contributed by atoms with Gasteiger partial charge in [-0.2, -0.15) is 0 Å². The van der Waals surface area contributed by atoms with Crippen molar-refractivity contribution in [1.82, 2.24) is 5.32 Å². The van der Waals surface area contributed by atoms with E-state index in [2.05, 4.69) is 5.32 Å². The van der Waals surface area contributed by atoms with Crippen molar-refractivity contribution in [3.63, 3.8) is 0 Å². The fourth-order valence-corrected chi connectivity index (χ4v) is 5.58. The van der Waals surface area contributed by atoms with Crippen molar-refractivity contribution in [3.05, 3.63) is 4.88 Å². The van der Waals surface area contributed by atoms with E-state index in [9.17, 15) is 13.2 Å². The van der Waals surface area contributed by atoms with Crippen molar-refractivity contribution >= 4 is 44.5 Å². The fourth-order valence-electron chi connectivity index (χ4n) is 1.39. The topological polar surface area (TPSA) is 89.3 Å². The quantitative estimate of drug-likeness (QED) is 0.806. The zero-order chi connectivity index (χ0) is 13.9. The average Bonchev–Trinajstić information content (AvgIpc) is 2.56. The van der Waals surface area contributed by atoms with Crippen molar-refractivity contribution in [2.45, 2.75) is 23.0 Å². The smallest absolute Gasteiger partial charge is 0.263 e. The van der Waals surface area contributed by atoms with E-state index in [1.807, 2.05) is 6.92 Å². The van der Waals surface area contributed by atoms with Crippen LogP contribution in [-0.4, -0.2) is 32.9 Å². The molecule has 3 N–H and O–H groups in total. The van der Waals surface area contributed by atoms with Gasteiger partial charge in [-0.3, -0.25) is 4.79 Å². The van der Waals surface area contributed by atoms with Crippen molar-refractivity contribution in [2.75, 3.05) is 24.3 Å². The van der Waals surface area contributed by atoms with Gasteiger partial charge in [0.05, 0.1) is 9.90 Å². The number of amides is 1. The van der Waals surface area contributed by atoms with E-state index in [1.165, 1.54) is 11.8 Å². The molecule has 0 aromatic carbocycles. The highest BCUT2D eigenvalue weighted by Crippen LogP contribution is 2.40. The second kappa shape index (κ2) is 5.94. The first-order valence-corrected chi connectivity index (χ1v) is 9.05. The number of rotatable bonds is 5. The number of carbonyl (C=O) groups excluding carboxylic acids is 1. The summed E-state index contributed by atoms with van der Waals surface area (Å²) in [5.74, 6) is 0.393. The van der Waals surface area contributed by atoms with E-state index in [1.54, 1.807) is 6.92 Å². The second-order valence-corrected chi connectivity index (χ2v) is 8.03. The van der Waals surface area contributed by atoms with Gasteiger partial charge in [-0.25, -0.2) is 8.42 Å². The highest BCUT2D eigenvalue weighted by Gasteiger charge is 2.26. The zero-order valence-corrected chi connectivity index (χ0v) is 12.9. The van der Waals surface area contributed by atoms with Gasteiger partial charge in [0.15, 0.2) is 9.84 Å². The van der Waals surface area contributed by atoms with E-state index >= 15 is 0 Å². The van der Waals surface area contributed by atoms with Crippen molar-refractivity contribution in [2.24, 2.45) is 0 Å². The molecule has 0 aliphatic heterocycles. The molecule has 0 aliphatic carbocycles. The van der Waals surface area contributed by atoms with Crippen LogP contribution in [0.3, 0.4) is 0 Å². The Morgan fingerprint density at radius 3 is 2.50 bits per heavy atom. The lowest BCUT2D eigenvalue weighted by Gasteiger charge is -2.02. The Morgan fingerprint density at radius 2 is 2.06 bits per heavy atom. The molecule has 102 valence electrons. The number of carbonyl (C=O) groups is 1. The number of anilines is 1. The van der Waals surface area contributed by atoms with Gasteiger partial charge in [0.1, 0.15) is 9.77 Å². The molecule has 0 unspecified atom stereocenters. The first-order chi connectivity index (χ1) is 8.32. The number of sulfone groups is 1. The fraction of sp³-hybridized carbons (Fsp3) is 0.500. The summed E-state index contributed by atoms with van der Waals surface area (Å²) in [6.07, 6.45) is 1.10. The Balaban J connectivity index is 3.37. The van der Waals surface area contributed by atoms with Crippen LogP contribution >= 0.6 is 23.1 Å². The Morgan fingerprint density at radius 1 is 1.44 bits per heavy atom. The Kier molecular flexibility index (Phi) is 5.06. The van der Waals surface area contributed by atoms with Gasteiger partial charge in [-0.1, -0.05) is 6.92 Å². The number of nitrogens with two attached hydrogens (primary N) is 1. The van der Waals surface area contributed by atoms with Gasteiger partial charge in [0, 0.05) is 12.8 Å². The molecule has 0 saturated heterocycles. The maximum atomic E-state index is 11.8. The lowest BCUT2D eigenvalue weighted by molar-refractivity contribution is 0.0960. The summed E-state index contributed by atoms with van der Waals surface area (Å²) >= 11 is 2.51. The molecule has 8 heteroatoms. The van der Waals surface area contributed by atoms with E-state index in [4.69, 9.17) is 5.73 Å². The van der Waals surface area contributed by atoms with Crippen LogP contribution in [0, 0.1) is 0 Å². The molecule has 1 heterocycles. The minimum absolute atomic E-state index is 0.0596. The molecule has 0 radical (unpaired) electrons. The average molecular weight is 308 g/mol. The number of nitrogen functional groups attached to an aromatic ring is 1.